The van der Waals surface area contributed by atoms with Gasteiger partial charge in [-0.3, -0.25) is 0 Å². The molecule has 8 nitrogen and oxygen atoms in total. The molecule has 0 atom stereocenters. The molecule has 0 saturated heterocycles. The van der Waals surface area contributed by atoms with Gasteiger partial charge >= 0.3 is 0 Å². The number of hydrogen-bond donors (Lipinski definition) is 0. The Morgan fingerprint density at radius 1 is 0.0972 bits per heavy atom. The molecule has 0 aromatic heterocycles. The SMILES string of the molecule is c1ccc2c3c(ccc2c1)COc1ccc(cc1)-c1ccc(cc1)OCc1ccc2ccccc2c1-c1c(ccc2ccccc12)COc1ccc(cc1)-c1ccc(cc1)OCc1ccc2ccccc2c1-c1c(ccc2ccccc12)COc1ccc(cc1)-c1ccc(cc1)OCc1ccc2ccccc2c1-c1c(ccc2ccccc12)COc1ccc(cc1)-c1ccc(cc1)OCc1ccc2ccccc2c1-3. The fraction of sp³-hybridized carbons (Fsp3) is 0.0588. The Morgan fingerprint density at radius 2 is 0.201 bits per heavy atom. The number of fused-ring (bicyclic) bond motifs is 8. The van der Waals surface area contributed by atoms with E-state index in [1.165, 1.54) is 0 Å². The van der Waals surface area contributed by atoms with Crippen molar-refractivity contribution in [3.63, 3.8) is 0 Å². The minimum absolute atomic E-state index is 0.340. The van der Waals surface area contributed by atoms with Crippen molar-refractivity contribution in [1.29, 1.82) is 0 Å². The van der Waals surface area contributed by atoms with Crippen molar-refractivity contribution < 1.29 is 37.9 Å². The zero-order chi connectivity index (χ0) is 95.6. The van der Waals surface area contributed by atoms with E-state index in [4.69, 9.17) is 37.9 Å². The summed E-state index contributed by atoms with van der Waals surface area (Å²) < 4.78 is 54.8. The molecule has 0 radical (unpaired) electrons. The lowest BCUT2D eigenvalue weighted by molar-refractivity contribution is 0.305. The predicted molar refractivity (Wildman–Crippen MR) is 590 cm³/mol. The molecule has 0 N–H and O–H groups in total. The molecular weight excluding hydrogens is 1760 g/mol. The van der Waals surface area contributed by atoms with Gasteiger partial charge in [0.1, 0.15) is 98.9 Å². The van der Waals surface area contributed by atoms with Crippen molar-refractivity contribution in [2.75, 3.05) is 0 Å². The summed E-state index contributed by atoms with van der Waals surface area (Å²) >= 11 is 0. The third-order valence-electron chi connectivity index (χ3n) is 28.4. The van der Waals surface area contributed by atoms with Gasteiger partial charge in [-0.15, -0.1) is 0 Å². The highest BCUT2D eigenvalue weighted by atomic mass is 16.5. The summed E-state index contributed by atoms with van der Waals surface area (Å²) in [5.41, 5.74) is 26.1. The predicted octanol–water partition coefficient (Wildman–Crippen LogP) is 35.2. The number of benzene rings is 24. The molecular formula is C136H96O8. The number of hydrogen-bond acceptors (Lipinski definition) is 8. The van der Waals surface area contributed by atoms with E-state index in [0.29, 0.717) is 52.9 Å². The van der Waals surface area contributed by atoms with E-state index >= 15 is 0 Å². The van der Waals surface area contributed by atoms with Crippen LogP contribution >= 0.6 is 0 Å². The first kappa shape index (κ1) is 87.3. The smallest absolute Gasteiger partial charge is 0.119 e. The first-order chi connectivity index (χ1) is 71.3. The first-order valence-electron chi connectivity index (χ1n) is 49.2. The van der Waals surface area contributed by atoms with Crippen LogP contribution in [0.5, 0.6) is 46.0 Å². The zero-order valence-electron chi connectivity index (χ0n) is 79.1. The first-order valence-corrected chi connectivity index (χ1v) is 49.2. The van der Waals surface area contributed by atoms with Crippen molar-refractivity contribution in [1.82, 2.24) is 0 Å². The van der Waals surface area contributed by atoms with Crippen LogP contribution in [0.2, 0.25) is 0 Å². The van der Waals surface area contributed by atoms with Gasteiger partial charge in [0, 0.05) is 0 Å². The van der Waals surface area contributed by atoms with E-state index in [1.807, 2.05) is 0 Å². The van der Waals surface area contributed by atoms with Crippen LogP contribution in [0.15, 0.2) is 485 Å². The van der Waals surface area contributed by atoms with E-state index < -0.39 is 0 Å². The lowest BCUT2D eigenvalue weighted by atomic mass is 9.87. The van der Waals surface area contributed by atoms with Gasteiger partial charge in [0.25, 0.3) is 0 Å². The van der Waals surface area contributed by atoms with Crippen LogP contribution in [-0.4, -0.2) is 0 Å². The van der Waals surface area contributed by atoms with Crippen LogP contribution in [0.25, 0.3) is 175 Å². The van der Waals surface area contributed by atoms with E-state index in [1.54, 1.807) is 0 Å². The van der Waals surface area contributed by atoms with Crippen LogP contribution in [0.3, 0.4) is 0 Å². The maximum absolute atomic E-state index is 6.85. The normalized spacial score (nSPS) is 12.7. The zero-order valence-corrected chi connectivity index (χ0v) is 79.1. The van der Waals surface area contributed by atoms with Crippen LogP contribution in [0, 0.1) is 0 Å². The minimum Gasteiger partial charge on any atom is -0.489 e. The highest BCUT2D eigenvalue weighted by Gasteiger charge is 2.26. The molecule has 24 aromatic carbocycles. The van der Waals surface area contributed by atoms with Crippen molar-refractivity contribution in [2.24, 2.45) is 0 Å². The third-order valence-corrected chi connectivity index (χ3v) is 28.4. The average molecular weight is 1860 g/mol. The Balaban J connectivity index is 0.518. The summed E-state index contributed by atoms with van der Waals surface area (Å²) in [6, 6.07) is 172. The quantitative estimate of drug-likeness (QED) is 0.149. The Labute approximate surface area is 836 Å². The fourth-order valence-corrected chi connectivity index (χ4v) is 21.1. The van der Waals surface area contributed by atoms with Gasteiger partial charge in [-0.1, -0.05) is 388 Å². The summed E-state index contributed by atoms with van der Waals surface area (Å²) in [5, 5.41) is 18.3. The summed E-state index contributed by atoms with van der Waals surface area (Å²) in [6.07, 6.45) is 0. The number of rotatable bonds is 0. The monoisotopic (exact) mass is 1860 g/mol. The third kappa shape index (κ3) is 17.6. The topological polar surface area (TPSA) is 73.8 Å². The summed E-state index contributed by atoms with van der Waals surface area (Å²) in [6.45, 7) is 2.72. The Morgan fingerprint density at radius 3 is 0.312 bits per heavy atom. The lowest BCUT2D eigenvalue weighted by Crippen LogP contribution is -2.03. The van der Waals surface area contributed by atoms with Gasteiger partial charge in [-0.25, -0.2) is 0 Å². The second-order valence-electron chi connectivity index (χ2n) is 37.1. The van der Waals surface area contributed by atoms with Crippen molar-refractivity contribution in [2.45, 2.75) is 52.9 Å². The minimum atomic E-state index is 0.340. The van der Waals surface area contributed by atoms with E-state index in [9.17, 15) is 0 Å². The highest BCUT2D eigenvalue weighted by Crippen LogP contribution is 2.48. The van der Waals surface area contributed by atoms with Gasteiger partial charge < -0.3 is 37.9 Å². The van der Waals surface area contributed by atoms with Gasteiger partial charge in [0.15, 0.2) is 0 Å². The molecule has 688 valence electrons. The van der Waals surface area contributed by atoms with Crippen molar-refractivity contribution in [3.05, 3.63) is 530 Å². The largest absolute Gasteiger partial charge is 0.489 e. The molecule has 0 saturated carbocycles. The molecule has 8 heteroatoms. The molecule has 144 heavy (non-hydrogen) atoms. The molecule has 0 aliphatic carbocycles. The molecule has 13 aliphatic rings. The molecule has 37 rings (SSSR count). The van der Waals surface area contributed by atoms with Crippen LogP contribution in [-0.2, 0) is 52.9 Å². The van der Waals surface area contributed by atoms with E-state index in [0.717, 1.165) is 266 Å². The van der Waals surface area contributed by atoms with Crippen LogP contribution in [0.1, 0.15) is 44.5 Å². The average Bonchev–Trinajstić information content (AvgIpc) is 0.761. The van der Waals surface area contributed by atoms with Gasteiger partial charge in [0.2, 0.25) is 0 Å². The summed E-state index contributed by atoms with van der Waals surface area (Å²) in [5.74, 6) is 6.16. The molecule has 0 fully saturated rings. The van der Waals surface area contributed by atoms with E-state index in [-0.39, 0.29) is 0 Å². The van der Waals surface area contributed by atoms with E-state index in [2.05, 4.69) is 485 Å². The summed E-state index contributed by atoms with van der Waals surface area (Å²) in [4.78, 5) is 0. The van der Waals surface area contributed by atoms with Crippen molar-refractivity contribution in [3.8, 4) is 135 Å². The second kappa shape index (κ2) is 38.9. The fourth-order valence-electron chi connectivity index (χ4n) is 21.1. The maximum Gasteiger partial charge on any atom is 0.119 e. The molecule has 13 heterocycles. The van der Waals surface area contributed by atoms with Gasteiger partial charge in [0.05, 0.1) is 0 Å². The van der Waals surface area contributed by atoms with Gasteiger partial charge in [-0.2, -0.15) is 0 Å². The molecule has 24 aromatic rings. The van der Waals surface area contributed by atoms with Crippen LogP contribution in [0.4, 0.5) is 0 Å². The Bertz CT molecular complexity index is 7380. The second-order valence-corrected chi connectivity index (χ2v) is 37.1. The number of ether oxygens (including phenoxy) is 8. The Hall–Kier alpha value is -18.2. The molecule has 13 aliphatic heterocycles. The molecule has 16 bridgehead atoms. The standard InChI is InChI=1S/C136H96O8/c1-9-25-121-97(17-1)33-41-105-81-137-113-65-49-89(50-66-113)91-53-69-115(70-54-91)139-83-107-43-35-99-19-3-11-27-123(99)131(107)133-109(45-37-101-21-5-13-29-125(101)133)85-141-117-73-57-93(58-74-117)95-61-77-119(78-62-95)143-87-111-47-39-103-23-7-15-31-127(103)135(111)136-112(48-40-104-24-8-16-32-128(104)136)88-144-120-79-63-96(64-80-120)94-59-75-118(76-60-94)142-86-110-46-38-102-22-6-14-30-126(102)134(110)132-108(44-36-100-20-4-12-28-124(100)132)84-140-116-71-55-92(56-72-116)90-51-67-114(68-52-90)138-82-106-42-34-98-18-2-10-26-122(98)130(106)129(105)121/h1-80H,81-88H2. The molecule has 0 unspecified atom stereocenters. The highest BCUT2D eigenvalue weighted by molar-refractivity contribution is 6.12. The van der Waals surface area contributed by atoms with Crippen molar-refractivity contribution >= 4 is 86.2 Å². The lowest BCUT2D eigenvalue weighted by Gasteiger charge is -2.20. The maximum atomic E-state index is 6.85. The molecule has 0 spiro atoms. The van der Waals surface area contributed by atoms with Gasteiger partial charge in [-0.05, 0) is 317 Å². The Kier molecular flexibility index (Phi) is 23.6. The summed E-state index contributed by atoms with van der Waals surface area (Å²) in [7, 11) is 0. The van der Waals surface area contributed by atoms with Crippen LogP contribution < -0.4 is 37.9 Å². The molecule has 0 amide bonds.